The van der Waals surface area contributed by atoms with Gasteiger partial charge < -0.3 is 9.47 Å². The second kappa shape index (κ2) is 10.6. The first-order valence-electron chi connectivity index (χ1n) is 8.73. The number of rotatable bonds is 10. The summed E-state index contributed by atoms with van der Waals surface area (Å²) >= 11 is 12.4. The zero-order chi connectivity index (χ0) is 20.7. The second-order valence-electron chi connectivity index (χ2n) is 6.24. The van der Waals surface area contributed by atoms with E-state index in [0.29, 0.717) is 23.1 Å². The fraction of sp³-hybridized carbons (Fsp3) is 0.400. The molecule has 0 aliphatic heterocycles. The van der Waals surface area contributed by atoms with Gasteiger partial charge in [-0.25, -0.2) is 0 Å². The van der Waals surface area contributed by atoms with Gasteiger partial charge >= 0.3 is 6.61 Å². The topological polar surface area (TPSA) is 47.9 Å². The van der Waals surface area contributed by atoms with Crippen molar-refractivity contribution in [2.75, 3.05) is 13.7 Å². The average molecular weight is 432 g/mol. The lowest BCUT2D eigenvalue weighted by Gasteiger charge is -2.14. The van der Waals surface area contributed by atoms with Crippen molar-refractivity contribution in [3.8, 4) is 11.5 Å². The van der Waals surface area contributed by atoms with E-state index in [1.165, 1.54) is 24.4 Å². The summed E-state index contributed by atoms with van der Waals surface area (Å²) in [6.45, 7) is -0.869. The summed E-state index contributed by atoms with van der Waals surface area (Å²) in [5.74, 6) is 0.124. The third-order valence-electron chi connectivity index (χ3n) is 4.06. The number of benzene rings is 1. The lowest BCUT2D eigenvalue weighted by atomic mass is 10.0. The molecule has 1 aromatic carbocycles. The van der Waals surface area contributed by atoms with Gasteiger partial charge in [0.25, 0.3) is 0 Å². The number of allylic oxidation sites excluding steroid dienone is 4. The molecule has 1 aliphatic carbocycles. The summed E-state index contributed by atoms with van der Waals surface area (Å²) in [6.07, 6.45) is 5.03. The van der Waals surface area contributed by atoms with E-state index >= 15 is 0 Å². The molecule has 152 valence electrons. The standard InChI is InChI=1S/C20H21Cl2F2NO3/c1-3-15(21)14(16(22)10-25-2)9-17(26)13-6-7-18(28-20(23)24)19(8-13)27-11-12-4-5-12/h3,6-8,10,12,20H,4-5,9,11H2,1-2H3/b15-3+,16-14+,25-10?. The van der Waals surface area contributed by atoms with E-state index in [1.807, 2.05) is 0 Å². The molecule has 1 aromatic rings. The number of nitrogens with zero attached hydrogens (tertiary/aromatic N) is 1. The van der Waals surface area contributed by atoms with Gasteiger partial charge in [-0.15, -0.1) is 0 Å². The number of Topliss-reactive ketones (excluding diaryl/α,β-unsaturated/α-hetero) is 1. The van der Waals surface area contributed by atoms with Crippen LogP contribution in [0, 0.1) is 5.92 Å². The summed E-state index contributed by atoms with van der Waals surface area (Å²) < 4.78 is 35.4. The van der Waals surface area contributed by atoms with Crippen LogP contribution in [0.3, 0.4) is 0 Å². The molecule has 1 aliphatic rings. The lowest BCUT2D eigenvalue weighted by molar-refractivity contribution is -0.0515. The van der Waals surface area contributed by atoms with Crippen molar-refractivity contribution in [2.45, 2.75) is 32.8 Å². The van der Waals surface area contributed by atoms with Crippen LogP contribution >= 0.6 is 23.2 Å². The number of aliphatic imine (C=N–C) groups is 1. The number of ketones is 1. The van der Waals surface area contributed by atoms with Crippen molar-refractivity contribution in [1.29, 1.82) is 0 Å². The summed E-state index contributed by atoms with van der Waals surface area (Å²) in [4.78, 5) is 16.6. The number of hydrogen-bond acceptors (Lipinski definition) is 4. The summed E-state index contributed by atoms with van der Waals surface area (Å²) in [7, 11) is 1.55. The normalized spacial score (nSPS) is 15.8. The predicted octanol–water partition coefficient (Wildman–Crippen LogP) is 5.99. The number of carbonyl (C=O) groups excluding carboxylic acids is 1. The van der Waals surface area contributed by atoms with E-state index in [-0.39, 0.29) is 34.3 Å². The number of alkyl halides is 2. The average Bonchev–Trinajstić information content (AvgIpc) is 3.48. The Morgan fingerprint density at radius 1 is 1.32 bits per heavy atom. The van der Waals surface area contributed by atoms with Crippen LogP contribution in [0.1, 0.15) is 36.5 Å². The van der Waals surface area contributed by atoms with Crippen LogP contribution in [0.25, 0.3) is 0 Å². The van der Waals surface area contributed by atoms with Gasteiger partial charge in [0.2, 0.25) is 0 Å². The Balaban J connectivity index is 2.27. The zero-order valence-electron chi connectivity index (χ0n) is 15.6. The molecule has 8 heteroatoms. The van der Waals surface area contributed by atoms with E-state index in [0.717, 1.165) is 12.8 Å². The molecule has 4 nitrogen and oxygen atoms in total. The number of carbonyl (C=O) groups is 1. The zero-order valence-corrected chi connectivity index (χ0v) is 17.1. The highest BCUT2D eigenvalue weighted by atomic mass is 35.5. The first kappa shape index (κ1) is 22.4. The highest BCUT2D eigenvalue weighted by molar-refractivity contribution is 6.42. The smallest absolute Gasteiger partial charge is 0.387 e. The first-order chi connectivity index (χ1) is 13.3. The van der Waals surface area contributed by atoms with Crippen LogP contribution in [-0.2, 0) is 0 Å². The molecule has 2 rings (SSSR count). The highest BCUT2D eigenvalue weighted by Gasteiger charge is 2.24. The number of halogens is 4. The fourth-order valence-corrected chi connectivity index (χ4v) is 2.87. The Morgan fingerprint density at radius 2 is 2.04 bits per heavy atom. The Hall–Kier alpha value is -1.92. The Kier molecular flexibility index (Phi) is 8.45. The molecule has 0 radical (unpaired) electrons. The SMILES string of the molecule is C/C=C(Cl)\C(CC(=O)c1ccc(OC(F)F)c(OCC2CC2)c1)=C(\Cl)C=NC. The molecule has 0 amide bonds. The molecule has 1 saturated carbocycles. The van der Waals surface area contributed by atoms with Crippen molar-refractivity contribution >= 4 is 35.2 Å². The molecule has 0 atom stereocenters. The molecule has 0 heterocycles. The Morgan fingerprint density at radius 3 is 2.61 bits per heavy atom. The van der Waals surface area contributed by atoms with Crippen LogP contribution in [0.15, 0.2) is 44.9 Å². The van der Waals surface area contributed by atoms with E-state index in [2.05, 4.69) is 9.73 Å². The highest BCUT2D eigenvalue weighted by Crippen LogP contribution is 2.35. The third kappa shape index (κ3) is 6.60. The summed E-state index contributed by atoms with van der Waals surface area (Å²) in [5.41, 5.74) is 0.707. The van der Waals surface area contributed by atoms with Gasteiger partial charge in [0.1, 0.15) is 0 Å². The molecule has 28 heavy (non-hydrogen) atoms. The van der Waals surface area contributed by atoms with E-state index in [1.54, 1.807) is 20.0 Å². The maximum Gasteiger partial charge on any atom is 0.387 e. The molecule has 0 N–H and O–H groups in total. The lowest BCUT2D eigenvalue weighted by Crippen LogP contribution is -2.08. The molecular formula is C20H21Cl2F2NO3. The van der Waals surface area contributed by atoms with E-state index < -0.39 is 6.61 Å². The maximum absolute atomic E-state index is 12.8. The van der Waals surface area contributed by atoms with E-state index in [4.69, 9.17) is 27.9 Å². The summed E-state index contributed by atoms with van der Waals surface area (Å²) in [6, 6.07) is 4.12. The summed E-state index contributed by atoms with van der Waals surface area (Å²) in [5, 5.41) is 0.586. The van der Waals surface area contributed by atoms with Gasteiger partial charge in [-0.2, -0.15) is 8.78 Å². The molecule has 0 bridgehead atoms. The largest absolute Gasteiger partial charge is 0.489 e. The van der Waals surface area contributed by atoms with Crippen LogP contribution in [0.5, 0.6) is 11.5 Å². The molecule has 0 saturated heterocycles. The van der Waals surface area contributed by atoms with Gasteiger partial charge in [0.05, 0.1) is 11.6 Å². The molecular weight excluding hydrogens is 411 g/mol. The molecule has 0 aromatic heterocycles. The first-order valence-corrected chi connectivity index (χ1v) is 9.49. The second-order valence-corrected chi connectivity index (χ2v) is 7.06. The van der Waals surface area contributed by atoms with Crippen LogP contribution in [-0.4, -0.2) is 32.3 Å². The van der Waals surface area contributed by atoms with Crippen molar-refractivity contribution in [3.05, 3.63) is 45.5 Å². The minimum Gasteiger partial charge on any atom is -0.489 e. The molecule has 0 spiro atoms. The predicted molar refractivity (Wildman–Crippen MR) is 107 cm³/mol. The van der Waals surface area contributed by atoms with Crippen LogP contribution in [0.4, 0.5) is 8.78 Å². The van der Waals surface area contributed by atoms with Gasteiger partial charge in [-0.05, 0) is 49.5 Å². The minimum atomic E-state index is -2.99. The third-order valence-corrected chi connectivity index (χ3v) is 4.84. The van der Waals surface area contributed by atoms with Gasteiger partial charge in [-0.1, -0.05) is 29.3 Å². The maximum atomic E-state index is 12.8. The van der Waals surface area contributed by atoms with Crippen LogP contribution < -0.4 is 9.47 Å². The Labute approximate surface area is 172 Å². The van der Waals surface area contributed by atoms with Gasteiger partial charge in [0, 0.05) is 30.3 Å². The monoisotopic (exact) mass is 431 g/mol. The van der Waals surface area contributed by atoms with Crippen molar-refractivity contribution < 1.29 is 23.0 Å². The Bertz CT molecular complexity index is 803. The quantitative estimate of drug-likeness (QED) is 0.259. The molecule has 0 unspecified atom stereocenters. The molecule has 1 fully saturated rings. The van der Waals surface area contributed by atoms with Gasteiger partial charge in [0.15, 0.2) is 17.3 Å². The van der Waals surface area contributed by atoms with Gasteiger partial charge in [-0.3, -0.25) is 9.79 Å². The number of ether oxygens (including phenoxy) is 2. The number of hydrogen-bond donors (Lipinski definition) is 0. The fourth-order valence-electron chi connectivity index (χ4n) is 2.39. The van der Waals surface area contributed by atoms with Crippen molar-refractivity contribution in [2.24, 2.45) is 10.9 Å². The minimum absolute atomic E-state index is 0.0782. The van der Waals surface area contributed by atoms with Crippen LogP contribution in [0.2, 0.25) is 0 Å². The van der Waals surface area contributed by atoms with Crippen molar-refractivity contribution in [1.82, 2.24) is 0 Å². The van der Waals surface area contributed by atoms with Crippen molar-refractivity contribution in [3.63, 3.8) is 0 Å². The van der Waals surface area contributed by atoms with E-state index in [9.17, 15) is 13.6 Å².